The van der Waals surface area contributed by atoms with Crippen molar-refractivity contribution in [3.63, 3.8) is 0 Å². The average molecular weight is 386 g/mol. The number of hydrogen-bond donors (Lipinski definition) is 1. The van der Waals surface area contributed by atoms with Crippen LogP contribution in [0.1, 0.15) is 47.9 Å². The first kappa shape index (κ1) is 20.8. The van der Waals surface area contributed by atoms with Crippen molar-refractivity contribution < 1.29 is 27.6 Å². The van der Waals surface area contributed by atoms with Gasteiger partial charge in [0.25, 0.3) is 0 Å². The second-order valence-corrected chi connectivity index (χ2v) is 6.26. The molecule has 148 valence electrons. The van der Waals surface area contributed by atoms with E-state index in [0.29, 0.717) is 6.04 Å². The molecule has 1 N–H and O–H groups in total. The number of aliphatic carboxylic acids is 1. The minimum Gasteiger partial charge on any atom is -0.475 e. The van der Waals surface area contributed by atoms with Crippen LogP contribution in [-0.4, -0.2) is 43.8 Å². The molecule has 0 bridgehead atoms. The molecule has 3 rings (SSSR count). The van der Waals surface area contributed by atoms with E-state index in [4.69, 9.17) is 14.4 Å². The van der Waals surface area contributed by atoms with Crippen molar-refractivity contribution in [2.45, 2.75) is 51.9 Å². The Hall–Kier alpha value is -2.49. The smallest absolute Gasteiger partial charge is 0.475 e. The van der Waals surface area contributed by atoms with Crippen LogP contribution >= 0.6 is 0 Å². The third-order valence-corrected chi connectivity index (χ3v) is 4.36. The number of aromatic nitrogens is 3. The molecule has 2 aromatic heterocycles. The molecule has 1 aliphatic rings. The minimum absolute atomic E-state index is 0.402. The highest BCUT2D eigenvalue weighted by molar-refractivity contribution is 5.73. The van der Waals surface area contributed by atoms with Crippen molar-refractivity contribution in [3.8, 4) is 0 Å². The van der Waals surface area contributed by atoms with Crippen LogP contribution in [-0.2, 0) is 11.3 Å². The summed E-state index contributed by atoms with van der Waals surface area (Å²) in [5, 5.41) is 11.2. The minimum atomic E-state index is -5.08. The van der Waals surface area contributed by atoms with Gasteiger partial charge in [-0.15, -0.1) is 0 Å². The predicted molar refractivity (Wildman–Crippen MR) is 88.7 cm³/mol. The summed E-state index contributed by atoms with van der Waals surface area (Å²) >= 11 is 0. The summed E-state index contributed by atoms with van der Waals surface area (Å²) in [6.45, 7) is 5.99. The number of carboxylic acid groups (broad SMARTS) is 1. The molecule has 27 heavy (non-hydrogen) atoms. The molecule has 0 amide bonds. The van der Waals surface area contributed by atoms with Crippen molar-refractivity contribution >= 4 is 5.97 Å². The van der Waals surface area contributed by atoms with Crippen LogP contribution in [0.4, 0.5) is 13.2 Å². The third-order valence-electron chi connectivity index (χ3n) is 4.36. The molecule has 1 saturated heterocycles. The first-order valence-corrected chi connectivity index (χ1v) is 8.41. The van der Waals surface area contributed by atoms with Crippen molar-refractivity contribution in [2.24, 2.45) is 0 Å². The van der Waals surface area contributed by atoms with E-state index in [2.05, 4.69) is 20.0 Å². The van der Waals surface area contributed by atoms with Crippen molar-refractivity contribution in [1.82, 2.24) is 20.0 Å². The van der Waals surface area contributed by atoms with Gasteiger partial charge in [-0.25, -0.2) is 14.8 Å². The molecule has 0 spiro atoms. The SMILES string of the molecule is Cc1noc(C)c1CN1CCCCC1c1cncnc1.O=C(O)C(F)(F)F. The number of carboxylic acids is 1. The van der Waals surface area contributed by atoms with E-state index in [9.17, 15) is 13.2 Å². The van der Waals surface area contributed by atoms with Gasteiger partial charge in [0.1, 0.15) is 12.1 Å². The van der Waals surface area contributed by atoms with E-state index in [1.807, 2.05) is 26.2 Å². The number of carbonyl (C=O) groups is 1. The van der Waals surface area contributed by atoms with E-state index >= 15 is 0 Å². The predicted octanol–water partition coefficient (Wildman–Crippen LogP) is 3.44. The van der Waals surface area contributed by atoms with Crippen LogP contribution in [0.25, 0.3) is 0 Å². The van der Waals surface area contributed by atoms with E-state index in [1.165, 1.54) is 24.0 Å². The maximum Gasteiger partial charge on any atom is 0.490 e. The zero-order valence-electron chi connectivity index (χ0n) is 15.0. The zero-order valence-corrected chi connectivity index (χ0v) is 15.0. The first-order valence-electron chi connectivity index (χ1n) is 8.41. The molecule has 3 heterocycles. The fraction of sp³-hybridized carbons (Fsp3) is 0.529. The van der Waals surface area contributed by atoms with Crippen LogP contribution in [0.2, 0.25) is 0 Å². The molecule has 7 nitrogen and oxygen atoms in total. The van der Waals surface area contributed by atoms with Gasteiger partial charge in [0.05, 0.1) is 5.69 Å². The summed E-state index contributed by atoms with van der Waals surface area (Å²) in [6.07, 6.45) is 4.04. The Morgan fingerprint density at radius 2 is 1.93 bits per heavy atom. The highest BCUT2D eigenvalue weighted by atomic mass is 19.4. The lowest BCUT2D eigenvalue weighted by molar-refractivity contribution is -0.192. The van der Waals surface area contributed by atoms with Crippen molar-refractivity contribution in [1.29, 1.82) is 0 Å². The van der Waals surface area contributed by atoms with Crippen LogP contribution < -0.4 is 0 Å². The highest BCUT2D eigenvalue weighted by Crippen LogP contribution is 2.32. The lowest BCUT2D eigenvalue weighted by atomic mass is 9.96. The number of halogens is 3. The van der Waals surface area contributed by atoms with Crippen LogP contribution in [0, 0.1) is 13.8 Å². The van der Waals surface area contributed by atoms with Crippen LogP contribution in [0.3, 0.4) is 0 Å². The number of hydrogen-bond acceptors (Lipinski definition) is 6. The lowest BCUT2D eigenvalue weighted by Crippen LogP contribution is -2.33. The molecule has 0 radical (unpaired) electrons. The molecular weight excluding hydrogens is 365 g/mol. The Bertz CT molecular complexity index is 730. The summed E-state index contributed by atoms with van der Waals surface area (Å²) in [5.74, 6) is -1.83. The molecule has 0 aromatic carbocycles. The molecule has 10 heteroatoms. The Morgan fingerprint density at radius 1 is 1.30 bits per heavy atom. The van der Waals surface area contributed by atoms with E-state index < -0.39 is 12.1 Å². The first-order chi connectivity index (χ1) is 12.7. The number of piperidine rings is 1. The molecule has 1 fully saturated rings. The normalized spacial score (nSPS) is 17.9. The van der Waals surface area contributed by atoms with Gasteiger partial charge >= 0.3 is 12.1 Å². The summed E-state index contributed by atoms with van der Waals surface area (Å²) < 4.78 is 37.0. The quantitative estimate of drug-likeness (QED) is 0.864. The van der Waals surface area contributed by atoms with Crippen molar-refractivity contribution in [2.75, 3.05) is 6.54 Å². The third kappa shape index (κ3) is 5.75. The van der Waals surface area contributed by atoms with Crippen molar-refractivity contribution in [3.05, 3.63) is 41.3 Å². The maximum absolute atomic E-state index is 10.6. The number of rotatable bonds is 3. The molecule has 1 unspecified atom stereocenters. The van der Waals surface area contributed by atoms with Gasteiger partial charge in [0.2, 0.25) is 0 Å². The zero-order chi connectivity index (χ0) is 20.0. The number of alkyl halides is 3. The standard InChI is InChI=1S/C15H20N4O.C2HF3O2/c1-11-14(12(2)20-18-11)9-19-6-4-3-5-15(19)13-7-16-10-17-8-13;3-2(4,5)1(6)7/h7-8,10,15H,3-6,9H2,1-2H3;(H,6,7). The monoisotopic (exact) mass is 386 g/mol. The molecule has 2 aromatic rings. The van der Waals surface area contributed by atoms with Gasteiger partial charge in [0.15, 0.2) is 0 Å². The lowest BCUT2D eigenvalue weighted by Gasteiger charge is -2.35. The topological polar surface area (TPSA) is 92.4 Å². The molecule has 1 atom stereocenters. The Morgan fingerprint density at radius 3 is 2.44 bits per heavy atom. The Balaban J connectivity index is 0.000000321. The highest BCUT2D eigenvalue weighted by Gasteiger charge is 2.38. The summed E-state index contributed by atoms with van der Waals surface area (Å²) in [4.78, 5) is 19.7. The fourth-order valence-electron chi connectivity index (χ4n) is 2.97. The van der Waals surface area contributed by atoms with Crippen LogP contribution in [0.15, 0.2) is 23.2 Å². The summed E-state index contributed by atoms with van der Waals surface area (Å²) in [7, 11) is 0. The second kappa shape index (κ2) is 8.94. The van der Waals surface area contributed by atoms with Gasteiger partial charge in [-0.3, -0.25) is 4.90 Å². The molecule has 0 saturated carbocycles. The van der Waals surface area contributed by atoms with Gasteiger partial charge in [-0.1, -0.05) is 11.6 Å². The average Bonchev–Trinajstić information content (AvgIpc) is 2.95. The van der Waals surface area contributed by atoms with E-state index in [-0.39, 0.29) is 0 Å². The largest absolute Gasteiger partial charge is 0.490 e. The number of likely N-dealkylation sites (tertiary alicyclic amines) is 1. The van der Waals surface area contributed by atoms with Gasteiger partial charge < -0.3 is 9.63 Å². The van der Waals surface area contributed by atoms with Gasteiger partial charge in [-0.05, 0) is 33.2 Å². The van der Waals surface area contributed by atoms with E-state index in [0.717, 1.165) is 31.0 Å². The fourth-order valence-corrected chi connectivity index (χ4v) is 2.97. The Kier molecular flexibility index (Phi) is 6.89. The number of aryl methyl sites for hydroxylation is 2. The maximum atomic E-state index is 10.6. The number of nitrogens with zero attached hydrogens (tertiary/aromatic N) is 4. The summed E-state index contributed by atoms with van der Waals surface area (Å²) in [5.41, 5.74) is 3.42. The second-order valence-electron chi connectivity index (χ2n) is 6.26. The van der Waals surface area contributed by atoms with Gasteiger partial charge in [0, 0.05) is 36.1 Å². The van der Waals surface area contributed by atoms with Crippen LogP contribution in [0.5, 0.6) is 0 Å². The molecule has 1 aliphatic heterocycles. The van der Waals surface area contributed by atoms with Gasteiger partial charge in [-0.2, -0.15) is 13.2 Å². The molecule has 0 aliphatic carbocycles. The Labute approximate surface area is 154 Å². The molecular formula is C17H21F3N4O3. The van der Waals surface area contributed by atoms with E-state index in [1.54, 1.807) is 6.33 Å². The summed E-state index contributed by atoms with van der Waals surface area (Å²) in [6, 6.07) is 0.402.